The Labute approximate surface area is 201 Å². The molecule has 0 atom stereocenters. The van der Waals surface area contributed by atoms with E-state index in [9.17, 15) is 18.0 Å². The van der Waals surface area contributed by atoms with Gasteiger partial charge in [0.1, 0.15) is 11.5 Å². The van der Waals surface area contributed by atoms with Gasteiger partial charge in [0.05, 0.1) is 24.1 Å². The number of halogens is 3. The largest absolute Gasteiger partial charge is 0.493 e. The molecule has 2 heterocycles. The van der Waals surface area contributed by atoms with Gasteiger partial charge in [-0.1, -0.05) is 6.07 Å². The number of hydrogen-bond acceptors (Lipinski definition) is 6. The van der Waals surface area contributed by atoms with Crippen LogP contribution in [-0.2, 0) is 6.42 Å². The van der Waals surface area contributed by atoms with Crippen LogP contribution in [0.15, 0.2) is 60.9 Å². The fourth-order valence-corrected chi connectivity index (χ4v) is 3.40. The van der Waals surface area contributed by atoms with Crippen molar-refractivity contribution >= 4 is 23.0 Å². The fourth-order valence-electron chi connectivity index (χ4n) is 3.40. The van der Waals surface area contributed by atoms with E-state index in [1.165, 1.54) is 36.2 Å². The molecule has 0 fully saturated rings. The minimum absolute atomic E-state index is 0.193. The molecule has 186 valence electrons. The first-order valence-corrected chi connectivity index (χ1v) is 10.8. The highest BCUT2D eigenvalue weighted by Gasteiger charge is 2.28. The standard InChI is InChI=1S/C18H18F3NO2.C7H8N2O2/c1-22(15-5-4-13-3-2-10-23-17(13)11-15)14-6-8-16(9-7-14)24-12-18(19,20)21;1-8-6-4-9-3-2-5(6)7(10)11/h4-9,11H,2-3,10,12H2,1H3;2-4,8H,1H3,(H,10,11). The second kappa shape index (κ2) is 11.5. The quantitative estimate of drug-likeness (QED) is 0.470. The summed E-state index contributed by atoms with van der Waals surface area (Å²) in [6.07, 6.45) is 0.637. The van der Waals surface area contributed by atoms with E-state index in [0.717, 1.165) is 36.6 Å². The van der Waals surface area contributed by atoms with Crippen molar-refractivity contribution in [3.63, 3.8) is 0 Å². The molecule has 0 saturated heterocycles. The number of carboxylic acids is 1. The minimum atomic E-state index is -4.33. The second-order valence-electron chi connectivity index (χ2n) is 7.68. The van der Waals surface area contributed by atoms with Gasteiger partial charge in [-0.2, -0.15) is 13.2 Å². The first kappa shape index (κ1) is 25.7. The Hall–Kier alpha value is -3.95. The lowest BCUT2D eigenvalue weighted by molar-refractivity contribution is -0.153. The third-order valence-electron chi connectivity index (χ3n) is 5.23. The highest BCUT2D eigenvalue weighted by Crippen LogP contribution is 2.33. The molecule has 3 aromatic rings. The Morgan fingerprint density at radius 1 is 1.17 bits per heavy atom. The van der Waals surface area contributed by atoms with Gasteiger partial charge in [0.25, 0.3) is 0 Å². The molecular weight excluding hydrogens is 463 g/mol. The maximum atomic E-state index is 12.2. The zero-order valence-electron chi connectivity index (χ0n) is 19.3. The highest BCUT2D eigenvalue weighted by molar-refractivity contribution is 5.93. The van der Waals surface area contributed by atoms with Crippen molar-refractivity contribution in [1.82, 2.24) is 4.98 Å². The fraction of sp³-hybridized carbons (Fsp3) is 0.280. The van der Waals surface area contributed by atoms with Gasteiger partial charge in [-0.05, 0) is 54.8 Å². The monoisotopic (exact) mass is 489 g/mol. The number of anilines is 3. The number of hydrogen-bond donors (Lipinski definition) is 2. The van der Waals surface area contributed by atoms with E-state index in [0.29, 0.717) is 5.69 Å². The number of aryl methyl sites for hydroxylation is 1. The number of benzene rings is 2. The Kier molecular flexibility index (Phi) is 8.40. The lowest BCUT2D eigenvalue weighted by Gasteiger charge is -2.23. The second-order valence-corrected chi connectivity index (χ2v) is 7.68. The predicted octanol–water partition coefficient (Wildman–Crippen LogP) is 5.54. The molecule has 1 aliphatic heterocycles. The third kappa shape index (κ3) is 7.26. The Morgan fingerprint density at radius 2 is 1.89 bits per heavy atom. The van der Waals surface area contributed by atoms with Gasteiger partial charge in [-0.15, -0.1) is 0 Å². The number of pyridine rings is 1. The van der Waals surface area contributed by atoms with Gasteiger partial charge in [0.2, 0.25) is 0 Å². The van der Waals surface area contributed by atoms with Crippen LogP contribution in [0.5, 0.6) is 11.5 Å². The van der Waals surface area contributed by atoms with Crippen molar-refractivity contribution in [2.75, 3.05) is 37.5 Å². The van der Waals surface area contributed by atoms with Crippen LogP contribution < -0.4 is 19.7 Å². The maximum Gasteiger partial charge on any atom is 0.422 e. The number of nitrogens with one attached hydrogen (secondary N) is 1. The summed E-state index contributed by atoms with van der Waals surface area (Å²) in [4.78, 5) is 16.2. The molecule has 0 amide bonds. The smallest absolute Gasteiger partial charge is 0.422 e. The van der Waals surface area contributed by atoms with Crippen LogP contribution in [0.3, 0.4) is 0 Å². The highest BCUT2D eigenvalue weighted by atomic mass is 19.4. The van der Waals surface area contributed by atoms with Crippen molar-refractivity contribution in [2.24, 2.45) is 0 Å². The lowest BCUT2D eigenvalue weighted by atomic mass is 10.1. The number of fused-ring (bicyclic) bond motifs is 1. The molecule has 4 rings (SSSR count). The lowest BCUT2D eigenvalue weighted by Crippen LogP contribution is -2.19. The molecule has 1 aliphatic rings. The summed E-state index contributed by atoms with van der Waals surface area (Å²) in [6.45, 7) is -0.560. The molecule has 35 heavy (non-hydrogen) atoms. The number of aromatic carboxylic acids is 1. The zero-order valence-corrected chi connectivity index (χ0v) is 19.3. The van der Waals surface area contributed by atoms with Gasteiger partial charge < -0.3 is 24.8 Å². The van der Waals surface area contributed by atoms with Crippen LogP contribution in [0.4, 0.5) is 30.2 Å². The summed E-state index contributed by atoms with van der Waals surface area (Å²) in [6, 6.07) is 14.0. The molecule has 10 heteroatoms. The van der Waals surface area contributed by atoms with Gasteiger partial charge in [0.15, 0.2) is 6.61 Å². The van der Waals surface area contributed by atoms with E-state index in [2.05, 4.69) is 16.4 Å². The van der Waals surface area contributed by atoms with Gasteiger partial charge in [0, 0.05) is 37.7 Å². The Morgan fingerprint density at radius 3 is 2.51 bits per heavy atom. The van der Waals surface area contributed by atoms with Crippen molar-refractivity contribution < 1.29 is 32.5 Å². The molecule has 0 saturated carbocycles. The number of alkyl halides is 3. The number of carbonyl (C=O) groups is 1. The van der Waals surface area contributed by atoms with Crippen LogP contribution in [0.2, 0.25) is 0 Å². The van der Waals surface area contributed by atoms with Crippen molar-refractivity contribution in [3.8, 4) is 11.5 Å². The van der Waals surface area contributed by atoms with Crippen LogP contribution in [0.25, 0.3) is 0 Å². The molecule has 0 bridgehead atoms. The molecule has 0 unspecified atom stereocenters. The minimum Gasteiger partial charge on any atom is -0.493 e. The van der Waals surface area contributed by atoms with Gasteiger partial charge in [-0.3, -0.25) is 4.98 Å². The van der Waals surface area contributed by atoms with Crippen LogP contribution in [-0.4, -0.2) is 49.5 Å². The predicted molar refractivity (Wildman–Crippen MR) is 127 cm³/mol. The van der Waals surface area contributed by atoms with E-state index in [4.69, 9.17) is 14.6 Å². The normalized spacial score (nSPS) is 12.4. The molecule has 2 N–H and O–H groups in total. The average Bonchev–Trinajstić information content (AvgIpc) is 2.87. The number of ether oxygens (including phenoxy) is 2. The SMILES string of the molecule is CN(c1ccc(OCC(F)(F)F)cc1)c1ccc2c(c1)OCCC2.CNc1cnccc1C(=O)O. The molecule has 0 aliphatic carbocycles. The summed E-state index contributed by atoms with van der Waals surface area (Å²) in [5.74, 6) is 0.144. The summed E-state index contributed by atoms with van der Waals surface area (Å²) >= 11 is 0. The number of rotatable bonds is 6. The van der Waals surface area contributed by atoms with E-state index in [-0.39, 0.29) is 11.3 Å². The summed E-state index contributed by atoms with van der Waals surface area (Å²) in [5.41, 5.74) is 3.78. The summed E-state index contributed by atoms with van der Waals surface area (Å²) < 4.78 is 46.9. The summed E-state index contributed by atoms with van der Waals surface area (Å²) in [5, 5.41) is 11.4. The third-order valence-corrected chi connectivity index (χ3v) is 5.23. The van der Waals surface area contributed by atoms with Crippen molar-refractivity contribution in [3.05, 3.63) is 72.1 Å². The number of aromatic nitrogens is 1. The number of carboxylic acid groups (broad SMARTS) is 1. The molecule has 0 spiro atoms. The van der Waals surface area contributed by atoms with E-state index in [1.54, 1.807) is 19.2 Å². The molecule has 2 aromatic carbocycles. The molecule has 0 radical (unpaired) electrons. The van der Waals surface area contributed by atoms with Crippen LogP contribution in [0.1, 0.15) is 22.3 Å². The van der Waals surface area contributed by atoms with E-state index < -0.39 is 18.8 Å². The van der Waals surface area contributed by atoms with Gasteiger partial charge >= 0.3 is 12.1 Å². The maximum absolute atomic E-state index is 12.2. The first-order valence-electron chi connectivity index (χ1n) is 10.8. The molecule has 1 aromatic heterocycles. The van der Waals surface area contributed by atoms with E-state index >= 15 is 0 Å². The van der Waals surface area contributed by atoms with Crippen LogP contribution >= 0.6 is 0 Å². The zero-order chi connectivity index (χ0) is 25.4. The topological polar surface area (TPSA) is 83.9 Å². The summed E-state index contributed by atoms with van der Waals surface area (Å²) in [7, 11) is 3.56. The average molecular weight is 489 g/mol. The number of nitrogens with zero attached hydrogens (tertiary/aromatic N) is 2. The molecule has 7 nitrogen and oxygen atoms in total. The van der Waals surface area contributed by atoms with Gasteiger partial charge in [-0.25, -0.2) is 4.79 Å². The van der Waals surface area contributed by atoms with Crippen LogP contribution in [0, 0.1) is 0 Å². The molecular formula is C25H26F3N3O4. The Balaban J connectivity index is 0.000000261. The Bertz CT molecular complexity index is 1140. The van der Waals surface area contributed by atoms with E-state index in [1.807, 2.05) is 24.1 Å². The van der Waals surface area contributed by atoms with Crippen molar-refractivity contribution in [2.45, 2.75) is 19.0 Å². The first-order chi connectivity index (χ1) is 16.7. The van der Waals surface area contributed by atoms with Crippen molar-refractivity contribution in [1.29, 1.82) is 0 Å².